The van der Waals surface area contributed by atoms with Crippen molar-refractivity contribution in [1.82, 2.24) is 15.5 Å². The summed E-state index contributed by atoms with van der Waals surface area (Å²) >= 11 is 0. The molecule has 5 nitrogen and oxygen atoms in total. The molecule has 5 heteroatoms. The lowest BCUT2D eigenvalue weighted by Gasteiger charge is -2.32. The molecule has 0 aliphatic carbocycles. The first-order valence-corrected chi connectivity index (χ1v) is 6.58. The van der Waals surface area contributed by atoms with E-state index in [4.69, 9.17) is 0 Å². The van der Waals surface area contributed by atoms with Gasteiger partial charge in [0.2, 0.25) is 11.8 Å². The second kappa shape index (κ2) is 6.18. The summed E-state index contributed by atoms with van der Waals surface area (Å²) in [6.45, 7) is 9.43. The Hall–Kier alpha value is -1.10. The summed E-state index contributed by atoms with van der Waals surface area (Å²) < 4.78 is 0. The zero-order valence-electron chi connectivity index (χ0n) is 11.9. The summed E-state index contributed by atoms with van der Waals surface area (Å²) in [6, 6.07) is 0.339. The van der Waals surface area contributed by atoms with Gasteiger partial charge in [0.15, 0.2) is 0 Å². The van der Waals surface area contributed by atoms with Gasteiger partial charge in [-0.25, -0.2) is 0 Å². The summed E-state index contributed by atoms with van der Waals surface area (Å²) in [5, 5.41) is 6.17. The van der Waals surface area contributed by atoms with Crippen molar-refractivity contribution in [1.29, 1.82) is 0 Å². The third-order valence-corrected chi connectivity index (χ3v) is 3.01. The van der Waals surface area contributed by atoms with Crippen LogP contribution in [0.1, 0.15) is 40.5 Å². The van der Waals surface area contributed by atoms with E-state index in [1.54, 1.807) is 6.92 Å². The standard InChI is InChI=1S/C13H25N3O2/c1-10(17)16-7-5-11(6-8-16)14-9-12(18)15-13(2,3)4/h11,14H,5-9H2,1-4H3,(H,15,18). The molecule has 0 aromatic carbocycles. The molecule has 0 spiro atoms. The molecule has 1 rings (SSSR count). The summed E-state index contributed by atoms with van der Waals surface area (Å²) in [5.41, 5.74) is -0.184. The monoisotopic (exact) mass is 255 g/mol. The van der Waals surface area contributed by atoms with Crippen LogP contribution < -0.4 is 10.6 Å². The van der Waals surface area contributed by atoms with Crippen molar-refractivity contribution < 1.29 is 9.59 Å². The SMILES string of the molecule is CC(=O)N1CCC(NCC(=O)NC(C)(C)C)CC1. The van der Waals surface area contributed by atoms with Crippen molar-refractivity contribution in [3.63, 3.8) is 0 Å². The van der Waals surface area contributed by atoms with Gasteiger partial charge in [0.1, 0.15) is 0 Å². The Morgan fingerprint density at radius 3 is 2.22 bits per heavy atom. The fourth-order valence-corrected chi connectivity index (χ4v) is 2.10. The maximum absolute atomic E-state index is 11.6. The van der Waals surface area contributed by atoms with Crippen LogP contribution in [0.3, 0.4) is 0 Å². The van der Waals surface area contributed by atoms with Crippen LogP contribution in [0.4, 0.5) is 0 Å². The molecule has 1 saturated heterocycles. The molecule has 0 unspecified atom stereocenters. The van der Waals surface area contributed by atoms with E-state index >= 15 is 0 Å². The van der Waals surface area contributed by atoms with E-state index in [1.807, 2.05) is 25.7 Å². The number of rotatable bonds is 3. The molecular formula is C13H25N3O2. The van der Waals surface area contributed by atoms with Gasteiger partial charge in [-0.1, -0.05) is 0 Å². The molecule has 2 N–H and O–H groups in total. The Labute approximate surface area is 109 Å². The molecule has 0 bridgehead atoms. The second-order valence-corrected chi connectivity index (χ2v) is 5.96. The molecule has 2 amide bonds. The second-order valence-electron chi connectivity index (χ2n) is 5.96. The van der Waals surface area contributed by atoms with Crippen LogP contribution in [0, 0.1) is 0 Å². The Bertz CT molecular complexity index is 302. The number of nitrogens with zero attached hydrogens (tertiary/aromatic N) is 1. The lowest BCUT2D eigenvalue weighted by molar-refractivity contribution is -0.130. The highest BCUT2D eigenvalue weighted by molar-refractivity contribution is 5.78. The van der Waals surface area contributed by atoms with Crippen molar-refractivity contribution in [2.24, 2.45) is 0 Å². The van der Waals surface area contributed by atoms with Crippen LogP contribution in [0.15, 0.2) is 0 Å². The lowest BCUT2D eigenvalue weighted by atomic mass is 10.0. The smallest absolute Gasteiger partial charge is 0.234 e. The van der Waals surface area contributed by atoms with Gasteiger partial charge in [-0.3, -0.25) is 9.59 Å². The fraction of sp³-hybridized carbons (Fsp3) is 0.846. The molecule has 1 aliphatic heterocycles. The van der Waals surface area contributed by atoms with Gasteiger partial charge in [0.05, 0.1) is 6.54 Å². The Morgan fingerprint density at radius 2 is 1.78 bits per heavy atom. The highest BCUT2D eigenvalue weighted by atomic mass is 16.2. The summed E-state index contributed by atoms with van der Waals surface area (Å²) in [5.74, 6) is 0.162. The van der Waals surface area contributed by atoms with Gasteiger partial charge >= 0.3 is 0 Å². The largest absolute Gasteiger partial charge is 0.350 e. The van der Waals surface area contributed by atoms with Crippen LogP contribution >= 0.6 is 0 Å². The molecule has 0 aromatic heterocycles. The third kappa shape index (κ3) is 5.49. The van der Waals surface area contributed by atoms with E-state index in [1.165, 1.54) is 0 Å². The summed E-state index contributed by atoms with van der Waals surface area (Å²) in [4.78, 5) is 24.7. The minimum atomic E-state index is -0.184. The van der Waals surface area contributed by atoms with Crippen molar-refractivity contribution in [3.05, 3.63) is 0 Å². The first kappa shape index (κ1) is 15.0. The quantitative estimate of drug-likeness (QED) is 0.772. The zero-order valence-corrected chi connectivity index (χ0v) is 11.9. The molecule has 0 aromatic rings. The van der Waals surface area contributed by atoms with Gasteiger partial charge in [-0.2, -0.15) is 0 Å². The summed E-state index contributed by atoms with van der Waals surface area (Å²) in [6.07, 6.45) is 1.84. The van der Waals surface area contributed by atoms with E-state index in [0.29, 0.717) is 12.6 Å². The number of amides is 2. The third-order valence-electron chi connectivity index (χ3n) is 3.01. The number of carbonyl (C=O) groups excluding carboxylic acids is 2. The number of nitrogens with one attached hydrogen (secondary N) is 2. The minimum Gasteiger partial charge on any atom is -0.350 e. The fourth-order valence-electron chi connectivity index (χ4n) is 2.10. The van der Waals surface area contributed by atoms with Crippen molar-refractivity contribution in [3.8, 4) is 0 Å². The minimum absolute atomic E-state index is 0.0245. The van der Waals surface area contributed by atoms with Crippen LogP contribution in [0.25, 0.3) is 0 Å². The predicted octanol–water partition coefficient (Wildman–Crippen LogP) is 0.502. The van der Waals surface area contributed by atoms with E-state index in [2.05, 4.69) is 10.6 Å². The van der Waals surface area contributed by atoms with Gasteiger partial charge < -0.3 is 15.5 Å². The van der Waals surface area contributed by atoms with Gasteiger partial charge in [-0.15, -0.1) is 0 Å². The zero-order chi connectivity index (χ0) is 13.8. The Balaban J connectivity index is 2.22. The predicted molar refractivity (Wildman–Crippen MR) is 71.2 cm³/mol. The highest BCUT2D eigenvalue weighted by Gasteiger charge is 2.21. The Kier molecular flexibility index (Phi) is 5.14. The van der Waals surface area contributed by atoms with Crippen LogP contribution in [-0.2, 0) is 9.59 Å². The number of likely N-dealkylation sites (tertiary alicyclic amines) is 1. The molecule has 1 heterocycles. The van der Waals surface area contributed by atoms with Gasteiger partial charge in [0.25, 0.3) is 0 Å². The molecule has 0 radical (unpaired) electrons. The molecular weight excluding hydrogens is 230 g/mol. The summed E-state index contributed by atoms with van der Waals surface area (Å²) in [7, 11) is 0. The number of hydrogen-bond acceptors (Lipinski definition) is 3. The first-order chi connectivity index (χ1) is 8.28. The average molecular weight is 255 g/mol. The first-order valence-electron chi connectivity index (χ1n) is 6.58. The van der Waals surface area contributed by atoms with Gasteiger partial charge in [-0.05, 0) is 33.6 Å². The van der Waals surface area contributed by atoms with Crippen LogP contribution in [0.2, 0.25) is 0 Å². The maximum Gasteiger partial charge on any atom is 0.234 e. The number of carbonyl (C=O) groups is 2. The molecule has 18 heavy (non-hydrogen) atoms. The topological polar surface area (TPSA) is 61.4 Å². The molecule has 104 valence electrons. The molecule has 1 fully saturated rings. The number of hydrogen-bond donors (Lipinski definition) is 2. The van der Waals surface area contributed by atoms with Crippen molar-refractivity contribution >= 4 is 11.8 Å². The van der Waals surface area contributed by atoms with Crippen LogP contribution in [-0.4, -0.2) is 47.9 Å². The highest BCUT2D eigenvalue weighted by Crippen LogP contribution is 2.10. The van der Waals surface area contributed by atoms with Crippen LogP contribution in [0.5, 0.6) is 0 Å². The molecule has 0 atom stereocenters. The van der Waals surface area contributed by atoms with E-state index in [-0.39, 0.29) is 17.4 Å². The van der Waals surface area contributed by atoms with Gasteiger partial charge in [0, 0.05) is 31.6 Å². The van der Waals surface area contributed by atoms with E-state index in [0.717, 1.165) is 25.9 Å². The molecule has 0 saturated carbocycles. The lowest BCUT2D eigenvalue weighted by Crippen LogP contribution is -2.49. The van der Waals surface area contributed by atoms with Crippen molar-refractivity contribution in [2.75, 3.05) is 19.6 Å². The number of piperidine rings is 1. The Morgan fingerprint density at radius 1 is 1.22 bits per heavy atom. The van der Waals surface area contributed by atoms with Crippen molar-refractivity contribution in [2.45, 2.75) is 52.1 Å². The molecule has 1 aliphatic rings. The average Bonchev–Trinajstić information content (AvgIpc) is 2.24. The van der Waals surface area contributed by atoms with E-state index in [9.17, 15) is 9.59 Å². The van der Waals surface area contributed by atoms with E-state index < -0.39 is 0 Å². The maximum atomic E-state index is 11.6. The normalized spacial score (nSPS) is 17.7.